The summed E-state index contributed by atoms with van der Waals surface area (Å²) in [6.45, 7) is 0.100. The normalized spacial score (nSPS) is 15.2. The molecule has 6 rings (SSSR count). The van der Waals surface area contributed by atoms with Crippen LogP contribution in [0.3, 0.4) is 0 Å². The van der Waals surface area contributed by atoms with Crippen LogP contribution in [0.5, 0.6) is 5.75 Å². The summed E-state index contributed by atoms with van der Waals surface area (Å²) in [4.78, 5) is 19.1. The molecule has 9 nitrogen and oxygen atoms in total. The van der Waals surface area contributed by atoms with Crippen LogP contribution in [-0.2, 0) is 13.3 Å². The number of fused-ring (bicyclic) bond motifs is 4. The lowest BCUT2D eigenvalue weighted by molar-refractivity contribution is -0.212. The number of carbonyl (C=O) groups excluding carboxylic acids is 1. The Morgan fingerprint density at radius 2 is 1.92 bits per heavy atom. The third-order valence-corrected chi connectivity index (χ3v) is 6.76. The minimum absolute atomic E-state index is 0.0765. The molecule has 1 atom stereocenters. The Morgan fingerprint density at radius 1 is 1.13 bits per heavy atom. The summed E-state index contributed by atoms with van der Waals surface area (Å²) in [5.41, 5.74) is 8.13. The molecule has 194 valence electrons. The van der Waals surface area contributed by atoms with Crippen LogP contribution in [0.4, 0.5) is 23.4 Å². The van der Waals surface area contributed by atoms with Gasteiger partial charge in [0.25, 0.3) is 5.91 Å². The number of hydrogen-bond acceptors (Lipinski definition) is 6. The van der Waals surface area contributed by atoms with Crippen molar-refractivity contribution in [2.24, 2.45) is 7.05 Å². The van der Waals surface area contributed by atoms with Crippen LogP contribution in [0.1, 0.15) is 22.0 Å². The number of benzene rings is 2. The van der Waals surface area contributed by atoms with Gasteiger partial charge in [-0.2, -0.15) is 14.9 Å². The van der Waals surface area contributed by atoms with Gasteiger partial charge in [-0.15, -0.1) is 13.2 Å². The highest BCUT2D eigenvalue weighted by molar-refractivity contribution is 6.10. The number of pyridine rings is 1. The van der Waals surface area contributed by atoms with Crippen LogP contribution in [0.15, 0.2) is 48.9 Å². The highest BCUT2D eigenvalue weighted by Crippen LogP contribution is 2.39. The van der Waals surface area contributed by atoms with Crippen molar-refractivity contribution in [3.63, 3.8) is 0 Å². The molecule has 4 heterocycles. The molecule has 13 heteroatoms. The van der Waals surface area contributed by atoms with E-state index in [0.29, 0.717) is 38.7 Å². The monoisotopic (exact) mass is 525 g/mol. The van der Waals surface area contributed by atoms with Crippen molar-refractivity contribution in [2.45, 2.75) is 12.3 Å². The molecule has 2 aromatic carbocycles. The van der Waals surface area contributed by atoms with Crippen molar-refractivity contribution < 1.29 is 27.1 Å². The van der Waals surface area contributed by atoms with Gasteiger partial charge >= 0.3 is 6.30 Å². The number of ether oxygens (including phenoxy) is 1. The predicted molar refractivity (Wildman–Crippen MR) is 130 cm³/mol. The first-order chi connectivity index (χ1) is 18.0. The number of nitrogens with two attached hydrogens (primary N) is 1. The molecule has 3 aromatic heterocycles. The minimum atomic E-state index is -4.62. The van der Waals surface area contributed by atoms with Gasteiger partial charge in [0.05, 0.1) is 29.5 Å². The molecule has 1 aliphatic heterocycles. The molecule has 0 saturated heterocycles. The first-order valence-corrected chi connectivity index (χ1v) is 11.4. The number of aryl methyl sites for hydroxylation is 1. The van der Waals surface area contributed by atoms with Gasteiger partial charge < -0.3 is 15.4 Å². The van der Waals surface area contributed by atoms with E-state index < -0.39 is 24.1 Å². The largest absolute Gasteiger partial charge is 0.504 e. The van der Waals surface area contributed by atoms with Crippen molar-refractivity contribution in [2.75, 3.05) is 19.4 Å². The molecular formula is C25H19F4N7O2. The summed E-state index contributed by atoms with van der Waals surface area (Å²) < 4.78 is 61.1. The van der Waals surface area contributed by atoms with Crippen molar-refractivity contribution in [1.29, 1.82) is 0 Å². The van der Waals surface area contributed by atoms with Gasteiger partial charge in [0.2, 0.25) is 0 Å². The number of halogens is 4. The summed E-state index contributed by atoms with van der Waals surface area (Å²) in [7, 11) is 3.25. The van der Waals surface area contributed by atoms with Gasteiger partial charge in [-0.3, -0.25) is 9.48 Å². The van der Waals surface area contributed by atoms with Crippen LogP contribution in [0.25, 0.3) is 32.9 Å². The van der Waals surface area contributed by atoms with E-state index in [1.807, 2.05) is 0 Å². The summed E-state index contributed by atoms with van der Waals surface area (Å²) >= 11 is 0. The average molecular weight is 525 g/mol. The third kappa shape index (κ3) is 3.61. The molecule has 38 heavy (non-hydrogen) atoms. The van der Waals surface area contributed by atoms with Gasteiger partial charge in [0.1, 0.15) is 29.5 Å². The lowest BCUT2D eigenvalue weighted by atomic mass is 10.0. The van der Waals surface area contributed by atoms with Crippen LogP contribution < -0.4 is 10.5 Å². The molecule has 1 amide bonds. The second-order valence-corrected chi connectivity index (χ2v) is 9.01. The highest BCUT2D eigenvalue weighted by Gasteiger charge is 2.34. The summed E-state index contributed by atoms with van der Waals surface area (Å²) in [6.07, 6.45) is -1.04. The quantitative estimate of drug-likeness (QED) is 0.351. The maximum atomic E-state index is 15.1. The predicted octanol–water partition coefficient (Wildman–Crippen LogP) is 4.39. The number of carbonyl (C=O) groups is 1. The van der Waals surface area contributed by atoms with Gasteiger partial charge in [-0.1, -0.05) is 12.1 Å². The molecule has 0 unspecified atom stereocenters. The Morgan fingerprint density at radius 3 is 2.66 bits per heavy atom. The number of hydrogen-bond donors (Lipinski definition) is 1. The second kappa shape index (κ2) is 8.16. The van der Waals surface area contributed by atoms with Crippen molar-refractivity contribution in [1.82, 2.24) is 29.4 Å². The van der Waals surface area contributed by atoms with E-state index in [-0.39, 0.29) is 28.2 Å². The number of anilines is 1. The fourth-order valence-corrected chi connectivity index (χ4v) is 4.79. The zero-order valence-electron chi connectivity index (χ0n) is 20.0. The lowest BCUT2D eigenvalue weighted by Gasteiger charge is -2.24. The zero-order valence-corrected chi connectivity index (χ0v) is 20.0. The first-order valence-electron chi connectivity index (χ1n) is 11.4. The van der Waals surface area contributed by atoms with Crippen LogP contribution >= 0.6 is 0 Å². The third-order valence-electron chi connectivity index (χ3n) is 6.76. The number of nitrogens with zero attached hydrogens (tertiary/aromatic N) is 6. The number of amides is 1. The Kier molecular flexibility index (Phi) is 5.09. The summed E-state index contributed by atoms with van der Waals surface area (Å²) in [5, 5.41) is 8.73. The Labute approximate surface area is 212 Å². The molecule has 5 aromatic rings. The van der Waals surface area contributed by atoms with Crippen LogP contribution in [0, 0.1) is 5.82 Å². The highest BCUT2D eigenvalue weighted by atomic mass is 19.4. The molecule has 0 fully saturated rings. The number of rotatable bonds is 3. The van der Waals surface area contributed by atoms with E-state index >= 15 is 4.39 Å². The Bertz CT molecular complexity index is 1760. The molecule has 0 saturated carbocycles. The van der Waals surface area contributed by atoms with Gasteiger partial charge in [-0.25, -0.2) is 9.37 Å². The number of aromatic nitrogens is 5. The molecule has 0 bridgehead atoms. The number of alkyl halides is 3. The van der Waals surface area contributed by atoms with Gasteiger partial charge in [0, 0.05) is 48.3 Å². The lowest BCUT2D eigenvalue weighted by Crippen LogP contribution is -2.32. The molecule has 0 spiro atoms. The van der Waals surface area contributed by atoms with E-state index in [9.17, 15) is 18.0 Å². The van der Waals surface area contributed by atoms with Crippen molar-refractivity contribution in [3.8, 4) is 16.9 Å². The second-order valence-electron chi connectivity index (χ2n) is 9.01. The smallest absolute Gasteiger partial charge is 0.491 e. The molecule has 1 aliphatic rings. The maximum absolute atomic E-state index is 15.1. The van der Waals surface area contributed by atoms with Crippen molar-refractivity contribution in [3.05, 3.63) is 65.9 Å². The van der Waals surface area contributed by atoms with E-state index in [4.69, 9.17) is 10.5 Å². The molecule has 0 aliphatic carbocycles. The zero-order chi connectivity index (χ0) is 26.9. The van der Waals surface area contributed by atoms with Gasteiger partial charge in [-0.05, 0) is 17.7 Å². The van der Waals surface area contributed by atoms with E-state index in [2.05, 4.69) is 15.2 Å². The molecular weight excluding hydrogens is 506 g/mol. The molecule has 2 N–H and O–H groups in total. The topological polar surface area (TPSA) is 104 Å². The summed E-state index contributed by atoms with van der Waals surface area (Å²) in [6, 6.07) is 6.98. The molecule has 0 radical (unpaired) electrons. The standard InChI is InChI=1S/C25H19F4N7O2/c1-34(20-11-38-21-5-12(3-4-14(20)21)13-8-32-36(10-13)25(27,28)29)24(37)16-6-15-17-9-31-35(2)22(17)23(30)33-19(15)7-18(16)26/h3-10,20H,11H2,1-2H3,(H2,30,33)/t20-/m1/s1. The fraction of sp³-hybridized carbons (Fsp3) is 0.200. The SMILES string of the molecule is CN(C(=O)c1cc2c(cc1F)nc(N)c1c2cnn1C)[C@@H]1COc2cc(-c3cnn(C(F)(F)F)c3)ccc21. The average Bonchev–Trinajstić information content (AvgIpc) is 3.61. The van der Waals surface area contributed by atoms with Crippen LogP contribution in [-0.4, -0.2) is 49.0 Å². The van der Waals surface area contributed by atoms with Crippen LogP contribution in [0.2, 0.25) is 0 Å². The summed E-state index contributed by atoms with van der Waals surface area (Å²) in [5.74, 6) is -0.702. The van der Waals surface area contributed by atoms with Crippen molar-refractivity contribution >= 4 is 33.5 Å². The first kappa shape index (κ1) is 23.7. The Hall–Kier alpha value is -4.68. The van der Waals surface area contributed by atoms with E-state index in [1.54, 1.807) is 36.1 Å². The maximum Gasteiger partial charge on any atom is 0.504 e. The van der Waals surface area contributed by atoms with Gasteiger partial charge in [0.15, 0.2) is 0 Å². The minimum Gasteiger partial charge on any atom is -0.491 e. The Balaban J connectivity index is 1.32. The van der Waals surface area contributed by atoms with E-state index in [0.717, 1.165) is 12.4 Å². The van der Waals surface area contributed by atoms with E-state index in [1.165, 1.54) is 24.1 Å². The fourth-order valence-electron chi connectivity index (χ4n) is 4.79. The number of likely N-dealkylation sites (N-methyl/N-ethyl adjacent to an activating group) is 1. The number of nitrogen functional groups attached to an aromatic ring is 1.